The normalized spacial score (nSPS) is 15.6. The van der Waals surface area contributed by atoms with Gasteiger partial charge in [-0.25, -0.2) is 14.4 Å². The highest BCUT2D eigenvalue weighted by molar-refractivity contribution is 5.93. The van der Waals surface area contributed by atoms with Crippen LogP contribution in [0.3, 0.4) is 0 Å². The van der Waals surface area contributed by atoms with Crippen molar-refractivity contribution in [2.75, 3.05) is 32.1 Å². The fraction of sp³-hybridized carbons (Fsp3) is 0.440. The van der Waals surface area contributed by atoms with E-state index >= 15 is 0 Å². The third kappa shape index (κ3) is 5.34. The minimum Gasteiger partial charge on any atom is -0.493 e. The smallest absolute Gasteiger partial charge is 0.163 e. The number of anilines is 2. The molecule has 0 aliphatic carbocycles. The van der Waals surface area contributed by atoms with Crippen molar-refractivity contribution in [3.05, 3.63) is 48.0 Å². The molecule has 8 heteroatoms. The Morgan fingerprint density at radius 3 is 2.58 bits per heavy atom. The van der Waals surface area contributed by atoms with E-state index in [1.165, 1.54) is 12.4 Å². The second kappa shape index (κ2) is 9.49. The van der Waals surface area contributed by atoms with Crippen molar-refractivity contribution < 1.29 is 19.0 Å². The number of aliphatic hydroxyl groups is 1. The standard InChI is InChI=1S/C25H31FN4O3/c1-16-5-6-20(19(26)11-16)29-24-18-12-22(32-4)23(13-21(18)27-15-28-24)33-14-17-7-9-30(10-8-17)25(2,3)31/h5-6,11-13,15,17,31H,7-10,14H2,1-4H3,(H,27,28,29). The average Bonchev–Trinajstić information content (AvgIpc) is 2.78. The molecule has 0 radical (unpaired) electrons. The number of nitrogens with zero attached hydrogens (tertiary/aromatic N) is 3. The zero-order valence-electron chi connectivity index (χ0n) is 19.6. The van der Waals surface area contributed by atoms with E-state index in [1.807, 2.05) is 39.0 Å². The number of halogens is 1. The van der Waals surface area contributed by atoms with E-state index in [1.54, 1.807) is 13.2 Å². The average molecular weight is 455 g/mol. The monoisotopic (exact) mass is 454 g/mol. The summed E-state index contributed by atoms with van der Waals surface area (Å²) >= 11 is 0. The first kappa shape index (κ1) is 23.2. The molecule has 4 rings (SSSR count). The van der Waals surface area contributed by atoms with Crippen molar-refractivity contribution in [3.63, 3.8) is 0 Å². The molecule has 7 nitrogen and oxygen atoms in total. The van der Waals surface area contributed by atoms with Gasteiger partial charge in [0.1, 0.15) is 23.7 Å². The number of benzene rings is 2. The Balaban J connectivity index is 1.51. The van der Waals surface area contributed by atoms with Gasteiger partial charge in [0.2, 0.25) is 0 Å². The molecule has 1 fully saturated rings. The highest BCUT2D eigenvalue weighted by Crippen LogP contribution is 2.36. The van der Waals surface area contributed by atoms with Crippen molar-refractivity contribution in [3.8, 4) is 11.5 Å². The summed E-state index contributed by atoms with van der Waals surface area (Å²) in [5.41, 5.74) is 1.07. The lowest BCUT2D eigenvalue weighted by molar-refractivity contribution is -0.0937. The summed E-state index contributed by atoms with van der Waals surface area (Å²) in [6.45, 7) is 7.72. The number of aryl methyl sites for hydroxylation is 1. The molecule has 3 aromatic rings. The van der Waals surface area contributed by atoms with Crippen molar-refractivity contribution in [1.82, 2.24) is 14.9 Å². The highest BCUT2D eigenvalue weighted by atomic mass is 19.1. The Morgan fingerprint density at radius 2 is 1.91 bits per heavy atom. The zero-order valence-corrected chi connectivity index (χ0v) is 19.6. The van der Waals surface area contributed by atoms with Gasteiger partial charge in [-0.3, -0.25) is 4.90 Å². The summed E-state index contributed by atoms with van der Waals surface area (Å²) in [5.74, 6) is 1.73. The maximum Gasteiger partial charge on any atom is 0.163 e. The van der Waals surface area contributed by atoms with E-state index in [-0.39, 0.29) is 5.82 Å². The lowest BCUT2D eigenvalue weighted by Crippen LogP contribution is -2.48. The molecule has 1 saturated heterocycles. The quantitative estimate of drug-likeness (QED) is 0.538. The number of ether oxygens (including phenoxy) is 2. The molecule has 1 aliphatic rings. The Kier molecular flexibility index (Phi) is 6.67. The third-order valence-corrected chi connectivity index (χ3v) is 6.16. The number of aromatic nitrogens is 2. The minimum absolute atomic E-state index is 0.343. The molecule has 0 saturated carbocycles. The van der Waals surface area contributed by atoms with E-state index in [2.05, 4.69) is 20.2 Å². The second-order valence-corrected chi connectivity index (χ2v) is 9.09. The molecule has 2 N–H and O–H groups in total. The first-order valence-electron chi connectivity index (χ1n) is 11.2. The Labute approximate surface area is 193 Å². The first-order valence-corrected chi connectivity index (χ1v) is 11.2. The second-order valence-electron chi connectivity index (χ2n) is 9.09. The number of rotatable bonds is 7. The van der Waals surface area contributed by atoms with E-state index < -0.39 is 5.72 Å². The van der Waals surface area contributed by atoms with Crippen LogP contribution in [0, 0.1) is 18.7 Å². The van der Waals surface area contributed by atoms with Crippen LogP contribution in [-0.4, -0.2) is 52.5 Å². The predicted octanol–water partition coefficient (Wildman–Crippen LogP) is 4.65. The van der Waals surface area contributed by atoms with Gasteiger partial charge < -0.3 is 19.9 Å². The number of nitrogens with one attached hydrogen (secondary N) is 1. The van der Waals surface area contributed by atoms with Gasteiger partial charge in [-0.05, 0) is 63.3 Å². The molecule has 176 valence electrons. The third-order valence-electron chi connectivity index (χ3n) is 6.16. The largest absolute Gasteiger partial charge is 0.493 e. The molecular weight excluding hydrogens is 423 g/mol. The summed E-state index contributed by atoms with van der Waals surface area (Å²) < 4.78 is 26.1. The summed E-state index contributed by atoms with van der Waals surface area (Å²) in [6, 6.07) is 8.66. The maximum absolute atomic E-state index is 14.3. The van der Waals surface area contributed by atoms with E-state index in [0.29, 0.717) is 46.4 Å². The van der Waals surface area contributed by atoms with Crippen molar-refractivity contribution >= 4 is 22.4 Å². The Bertz CT molecular complexity index is 1120. The zero-order chi connectivity index (χ0) is 23.6. The Morgan fingerprint density at radius 1 is 1.15 bits per heavy atom. The summed E-state index contributed by atoms with van der Waals surface area (Å²) in [4.78, 5) is 10.8. The first-order chi connectivity index (χ1) is 15.7. The van der Waals surface area contributed by atoms with Gasteiger partial charge in [-0.1, -0.05) is 6.07 Å². The van der Waals surface area contributed by atoms with Crippen LogP contribution in [-0.2, 0) is 0 Å². The van der Waals surface area contributed by atoms with Crippen LogP contribution < -0.4 is 14.8 Å². The van der Waals surface area contributed by atoms with Gasteiger partial charge in [0.05, 0.1) is 24.9 Å². The summed E-state index contributed by atoms with van der Waals surface area (Å²) in [7, 11) is 1.59. The number of hydrogen-bond acceptors (Lipinski definition) is 7. The fourth-order valence-electron chi connectivity index (χ4n) is 4.14. The van der Waals surface area contributed by atoms with Gasteiger partial charge in [0.25, 0.3) is 0 Å². The molecule has 0 unspecified atom stereocenters. The van der Waals surface area contributed by atoms with Gasteiger partial charge >= 0.3 is 0 Å². The van der Waals surface area contributed by atoms with E-state index in [4.69, 9.17) is 9.47 Å². The molecule has 0 atom stereocenters. The van der Waals surface area contributed by atoms with E-state index in [9.17, 15) is 9.50 Å². The Hall–Kier alpha value is -2.97. The number of methoxy groups -OCH3 is 1. The van der Waals surface area contributed by atoms with Gasteiger partial charge in [0.15, 0.2) is 11.5 Å². The topological polar surface area (TPSA) is 79.7 Å². The number of fused-ring (bicyclic) bond motifs is 1. The van der Waals surface area contributed by atoms with Crippen LogP contribution in [0.15, 0.2) is 36.7 Å². The van der Waals surface area contributed by atoms with Crippen LogP contribution in [0.25, 0.3) is 10.9 Å². The van der Waals surface area contributed by atoms with Crippen LogP contribution in [0.4, 0.5) is 15.9 Å². The van der Waals surface area contributed by atoms with Gasteiger partial charge in [-0.2, -0.15) is 0 Å². The van der Waals surface area contributed by atoms with Crippen LogP contribution in [0.2, 0.25) is 0 Å². The molecule has 2 heterocycles. The van der Waals surface area contributed by atoms with E-state index in [0.717, 1.165) is 31.5 Å². The molecule has 0 spiro atoms. The van der Waals surface area contributed by atoms with Crippen molar-refractivity contribution in [1.29, 1.82) is 0 Å². The number of likely N-dealkylation sites (tertiary alicyclic amines) is 1. The number of piperidine rings is 1. The fourth-order valence-corrected chi connectivity index (χ4v) is 4.14. The molecule has 1 aromatic heterocycles. The van der Waals surface area contributed by atoms with Gasteiger partial charge in [0, 0.05) is 24.5 Å². The number of hydrogen-bond donors (Lipinski definition) is 2. The van der Waals surface area contributed by atoms with Crippen molar-refractivity contribution in [2.24, 2.45) is 5.92 Å². The molecule has 0 bridgehead atoms. The summed E-state index contributed by atoms with van der Waals surface area (Å²) in [5, 5.41) is 14.0. The SMILES string of the molecule is COc1cc2c(Nc3ccc(C)cc3F)ncnc2cc1OCC1CCN(C(C)(C)O)CC1. The lowest BCUT2D eigenvalue weighted by Gasteiger charge is -2.39. The highest BCUT2D eigenvalue weighted by Gasteiger charge is 2.28. The predicted molar refractivity (Wildman–Crippen MR) is 127 cm³/mol. The molecule has 2 aromatic carbocycles. The minimum atomic E-state index is -0.791. The van der Waals surface area contributed by atoms with Crippen molar-refractivity contribution in [2.45, 2.75) is 39.3 Å². The molecule has 1 aliphatic heterocycles. The van der Waals surface area contributed by atoms with Crippen LogP contribution >= 0.6 is 0 Å². The molecule has 0 amide bonds. The molecular formula is C25H31FN4O3. The van der Waals surface area contributed by atoms with Crippen LogP contribution in [0.1, 0.15) is 32.3 Å². The lowest BCUT2D eigenvalue weighted by atomic mass is 9.96. The van der Waals surface area contributed by atoms with Crippen LogP contribution in [0.5, 0.6) is 11.5 Å². The maximum atomic E-state index is 14.3. The molecule has 33 heavy (non-hydrogen) atoms. The van der Waals surface area contributed by atoms with Gasteiger partial charge in [-0.15, -0.1) is 0 Å². The summed E-state index contributed by atoms with van der Waals surface area (Å²) in [6.07, 6.45) is 3.36.